The van der Waals surface area contributed by atoms with Crippen LogP contribution in [0.1, 0.15) is 53.4 Å². The Morgan fingerprint density at radius 3 is 1.46 bits per heavy atom. The van der Waals surface area contributed by atoms with Gasteiger partial charge < -0.3 is 9.47 Å². The molecule has 1 heterocycles. The Kier molecular flexibility index (Phi) is 3.74. The second-order valence-corrected chi connectivity index (χ2v) is 3.75. The van der Waals surface area contributed by atoms with Crippen molar-refractivity contribution < 1.29 is 9.47 Å². The minimum absolute atomic E-state index is 0.276. The Morgan fingerprint density at radius 2 is 1.23 bits per heavy atom. The van der Waals surface area contributed by atoms with Crippen LogP contribution in [0.3, 0.4) is 0 Å². The Labute approximate surface area is 81.6 Å². The third-order valence-corrected chi connectivity index (χ3v) is 3.03. The predicted octanol–water partition coefficient (Wildman–Crippen LogP) is 3.11. The third-order valence-electron chi connectivity index (χ3n) is 3.03. The van der Waals surface area contributed by atoms with Gasteiger partial charge >= 0.3 is 0 Å². The molecule has 2 atom stereocenters. The molecule has 0 amide bonds. The van der Waals surface area contributed by atoms with Gasteiger partial charge in [0.05, 0.1) is 12.2 Å². The maximum atomic E-state index is 5.98. The van der Waals surface area contributed by atoms with Gasteiger partial charge in [-0.15, -0.1) is 0 Å². The summed E-state index contributed by atoms with van der Waals surface area (Å²) in [6, 6.07) is 0. The van der Waals surface area contributed by atoms with Gasteiger partial charge in [-0.3, -0.25) is 0 Å². The molecule has 0 aromatic rings. The second kappa shape index (κ2) is 4.43. The monoisotopic (exact) mass is 186 g/mol. The summed E-state index contributed by atoms with van der Waals surface area (Å²) in [5.41, 5.74) is 0. The molecule has 0 aromatic heterocycles. The van der Waals surface area contributed by atoms with Gasteiger partial charge in [-0.05, 0) is 25.7 Å². The fraction of sp³-hybridized carbons (Fsp3) is 1.00. The van der Waals surface area contributed by atoms with Crippen LogP contribution in [0.5, 0.6) is 0 Å². The van der Waals surface area contributed by atoms with Gasteiger partial charge in [0.1, 0.15) is 0 Å². The van der Waals surface area contributed by atoms with Crippen molar-refractivity contribution in [2.45, 2.75) is 71.4 Å². The first-order valence-electron chi connectivity index (χ1n) is 5.57. The number of ether oxygens (including phenoxy) is 2. The Hall–Kier alpha value is -0.0800. The smallest absolute Gasteiger partial charge is 0.168 e. The van der Waals surface area contributed by atoms with Crippen molar-refractivity contribution in [3.05, 3.63) is 0 Å². The average molecular weight is 186 g/mol. The fourth-order valence-corrected chi connectivity index (χ4v) is 2.01. The summed E-state index contributed by atoms with van der Waals surface area (Å²) in [6.07, 6.45) is 4.64. The highest BCUT2D eigenvalue weighted by Gasteiger charge is 2.43. The number of hydrogen-bond acceptors (Lipinski definition) is 2. The van der Waals surface area contributed by atoms with Crippen molar-refractivity contribution in [1.29, 1.82) is 0 Å². The summed E-state index contributed by atoms with van der Waals surface area (Å²) in [5, 5.41) is 0. The molecule has 2 heteroatoms. The molecule has 0 spiro atoms. The van der Waals surface area contributed by atoms with Crippen LogP contribution in [-0.4, -0.2) is 18.0 Å². The molecule has 0 saturated carbocycles. The molecule has 1 saturated heterocycles. The molecule has 0 bridgehead atoms. The van der Waals surface area contributed by atoms with Crippen LogP contribution < -0.4 is 0 Å². The normalized spacial score (nSPS) is 32.3. The SMILES string of the molecule is CCC1OC(CC)(CC)OC1CC. The molecule has 1 aliphatic rings. The van der Waals surface area contributed by atoms with Crippen molar-refractivity contribution in [2.75, 3.05) is 0 Å². The van der Waals surface area contributed by atoms with Crippen LogP contribution >= 0.6 is 0 Å². The number of rotatable bonds is 4. The van der Waals surface area contributed by atoms with Gasteiger partial charge in [0.15, 0.2) is 5.79 Å². The van der Waals surface area contributed by atoms with E-state index in [2.05, 4.69) is 27.7 Å². The van der Waals surface area contributed by atoms with Crippen LogP contribution in [0.4, 0.5) is 0 Å². The Bertz CT molecular complexity index is 138. The number of hydrogen-bond donors (Lipinski definition) is 0. The average Bonchev–Trinajstić information content (AvgIpc) is 2.57. The lowest BCUT2D eigenvalue weighted by atomic mass is 10.1. The van der Waals surface area contributed by atoms with Crippen LogP contribution in [0.25, 0.3) is 0 Å². The van der Waals surface area contributed by atoms with Crippen molar-refractivity contribution >= 4 is 0 Å². The topological polar surface area (TPSA) is 18.5 Å². The molecule has 1 rings (SSSR count). The first kappa shape index (κ1) is 11.0. The molecule has 1 aliphatic heterocycles. The first-order valence-corrected chi connectivity index (χ1v) is 5.57. The van der Waals surface area contributed by atoms with E-state index in [1.165, 1.54) is 0 Å². The fourth-order valence-electron chi connectivity index (χ4n) is 2.01. The molecule has 0 aromatic carbocycles. The highest BCUT2D eigenvalue weighted by molar-refractivity contribution is 4.83. The van der Waals surface area contributed by atoms with Crippen molar-refractivity contribution in [1.82, 2.24) is 0 Å². The zero-order valence-electron chi connectivity index (χ0n) is 9.30. The predicted molar refractivity (Wildman–Crippen MR) is 53.6 cm³/mol. The maximum absolute atomic E-state index is 5.98. The van der Waals surface area contributed by atoms with Crippen molar-refractivity contribution in [2.24, 2.45) is 0 Å². The van der Waals surface area contributed by atoms with E-state index in [1.54, 1.807) is 0 Å². The maximum Gasteiger partial charge on any atom is 0.168 e. The van der Waals surface area contributed by atoms with Gasteiger partial charge in [0, 0.05) is 0 Å². The summed E-state index contributed by atoms with van der Waals surface area (Å²) in [7, 11) is 0. The van der Waals surface area contributed by atoms with E-state index in [0.717, 1.165) is 25.7 Å². The van der Waals surface area contributed by atoms with Crippen molar-refractivity contribution in [3.8, 4) is 0 Å². The quantitative estimate of drug-likeness (QED) is 0.671. The van der Waals surface area contributed by atoms with Crippen LogP contribution in [0, 0.1) is 0 Å². The summed E-state index contributed by atoms with van der Waals surface area (Å²) < 4.78 is 12.0. The molecule has 2 unspecified atom stereocenters. The van der Waals surface area contributed by atoms with Gasteiger partial charge in [-0.1, -0.05) is 27.7 Å². The molecule has 13 heavy (non-hydrogen) atoms. The molecule has 0 radical (unpaired) electrons. The van der Waals surface area contributed by atoms with Gasteiger partial charge in [0.2, 0.25) is 0 Å². The zero-order valence-corrected chi connectivity index (χ0v) is 9.30. The van der Waals surface area contributed by atoms with Crippen LogP contribution in [0.2, 0.25) is 0 Å². The lowest BCUT2D eigenvalue weighted by Crippen LogP contribution is -2.29. The standard InChI is InChI=1S/C11H22O2/c1-5-9-10(6-2)13-11(7-3,8-4)12-9/h9-10H,5-8H2,1-4H3. The molecule has 1 fully saturated rings. The lowest BCUT2D eigenvalue weighted by molar-refractivity contribution is -0.179. The second-order valence-electron chi connectivity index (χ2n) is 3.75. The lowest BCUT2D eigenvalue weighted by Gasteiger charge is -2.25. The first-order chi connectivity index (χ1) is 6.21. The molecular formula is C11H22O2. The highest BCUT2D eigenvalue weighted by atomic mass is 16.8. The van der Waals surface area contributed by atoms with E-state index in [0.29, 0.717) is 12.2 Å². The minimum atomic E-state index is -0.276. The van der Waals surface area contributed by atoms with Gasteiger partial charge in [-0.2, -0.15) is 0 Å². The Morgan fingerprint density at radius 1 is 0.846 bits per heavy atom. The van der Waals surface area contributed by atoms with E-state index in [-0.39, 0.29) is 5.79 Å². The Balaban J connectivity index is 2.65. The van der Waals surface area contributed by atoms with E-state index >= 15 is 0 Å². The van der Waals surface area contributed by atoms with E-state index < -0.39 is 0 Å². The molecule has 2 nitrogen and oxygen atoms in total. The van der Waals surface area contributed by atoms with E-state index in [9.17, 15) is 0 Å². The molecular weight excluding hydrogens is 164 g/mol. The largest absolute Gasteiger partial charge is 0.344 e. The highest BCUT2D eigenvalue weighted by Crippen LogP contribution is 2.36. The molecule has 0 aliphatic carbocycles. The molecule has 78 valence electrons. The van der Waals surface area contributed by atoms with E-state index in [1.807, 2.05) is 0 Å². The van der Waals surface area contributed by atoms with Crippen LogP contribution in [0.15, 0.2) is 0 Å². The molecule has 0 N–H and O–H groups in total. The zero-order chi connectivity index (χ0) is 9.90. The summed E-state index contributed by atoms with van der Waals surface area (Å²) in [6.45, 7) is 8.60. The van der Waals surface area contributed by atoms with E-state index in [4.69, 9.17) is 9.47 Å². The minimum Gasteiger partial charge on any atom is -0.344 e. The van der Waals surface area contributed by atoms with Gasteiger partial charge in [0.25, 0.3) is 0 Å². The summed E-state index contributed by atoms with van der Waals surface area (Å²) >= 11 is 0. The third kappa shape index (κ3) is 2.05. The van der Waals surface area contributed by atoms with Crippen molar-refractivity contribution in [3.63, 3.8) is 0 Å². The van der Waals surface area contributed by atoms with Gasteiger partial charge in [-0.25, -0.2) is 0 Å². The summed E-state index contributed by atoms with van der Waals surface area (Å²) in [4.78, 5) is 0. The summed E-state index contributed by atoms with van der Waals surface area (Å²) in [5.74, 6) is -0.276. The van der Waals surface area contributed by atoms with Crippen LogP contribution in [-0.2, 0) is 9.47 Å².